The Hall–Kier alpha value is -1.99. The number of benzene rings is 1. The molecule has 1 N–H and O–H groups in total. The standard InChI is InChI=1S/C18H24N2O4S/c1-13-7-4-5-8-15(13)18-20-16(14(2)24-18)11-25(22)12-17(21)19-9-6-10-23-3/h4-5,7-8H,6,9-12H2,1-3H3,(H,19,21)/t25-/m0/s1. The summed E-state index contributed by atoms with van der Waals surface area (Å²) in [5.74, 6) is 1.08. The SMILES string of the molecule is COCCCNC(=O)C[S@@](=O)Cc1nc(-c2ccccc2C)oc1C. The van der Waals surface area contributed by atoms with Gasteiger partial charge in [0, 0.05) is 36.6 Å². The van der Waals surface area contributed by atoms with E-state index in [4.69, 9.17) is 9.15 Å². The van der Waals surface area contributed by atoms with E-state index in [0.717, 1.165) is 17.5 Å². The summed E-state index contributed by atoms with van der Waals surface area (Å²) >= 11 is 0. The molecule has 0 bridgehead atoms. The molecule has 0 radical (unpaired) electrons. The number of hydrogen-bond acceptors (Lipinski definition) is 5. The Morgan fingerprint density at radius 3 is 2.80 bits per heavy atom. The van der Waals surface area contributed by atoms with Gasteiger partial charge >= 0.3 is 0 Å². The minimum Gasteiger partial charge on any atom is -0.441 e. The molecule has 0 saturated heterocycles. The first kappa shape index (κ1) is 19.3. The smallest absolute Gasteiger partial charge is 0.232 e. The van der Waals surface area contributed by atoms with Gasteiger partial charge in [0.15, 0.2) is 0 Å². The lowest BCUT2D eigenvalue weighted by atomic mass is 10.1. The van der Waals surface area contributed by atoms with Gasteiger partial charge in [-0.1, -0.05) is 18.2 Å². The molecule has 2 rings (SSSR count). The molecular weight excluding hydrogens is 340 g/mol. The van der Waals surface area contributed by atoms with Crippen LogP contribution in [0.1, 0.15) is 23.4 Å². The Morgan fingerprint density at radius 2 is 2.08 bits per heavy atom. The van der Waals surface area contributed by atoms with Crippen molar-refractivity contribution in [3.63, 3.8) is 0 Å². The number of ether oxygens (including phenoxy) is 1. The fourth-order valence-electron chi connectivity index (χ4n) is 2.34. The van der Waals surface area contributed by atoms with E-state index in [1.165, 1.54) is 0 Å². The quantitative estimate of drug-likeness (QED) is 0.691. The van der Waals surface area contributed by atoms with Gasteiger partial charge in [-0.3, -0.25) is 9.00 Å². The van der Waals surface area contributed by atoms with E-state index in [1.54, 1.807) is 14.0 Å². The van der Waals surface area contributed by atoms with Crippen LogP contribution in [-0.2, 0) is 26.1 Å². The molecule has 0 aliphatic carbocycles. The van der Waals surface area contributed by atoms with Gasteiger partial charge in [-0.15, -0.1) is 0 Å². The summed E-state index contributed by atoms with van der Waals surface area (Å²) < 4.78 is 22.9. The summed E-state index contributed by atoms with van der Waals surface area (Å²) in [6.45, 7) is 4.89. The molecule has 6 nitrogen and oxygen atoms in total. The summed E-state index contributed by atoms with van der Waals surface area (Å²) in [5, 5.41) is 2.73. The molecule has 1 amide bonds. The molecule has 136 valence electrons. The number of hydrogen-bond donors (Lipinski definition) is 1. The lowest BCUT2D eigenvalue weighted by Gasteiger charge is -2.04. The first-order chi connectivity index (χ1) is 12.0. The largest absolute Gasteiger partial charge is 0.441 e. The molecule has 0 fully saturated rings. The molecular formula is C18H24N2O4S. The third-order valence-electron chi connectivity index (χ3n) is 3.71. The molecule has 0 aliphatic rings. The summed E-state index contributed by atoms with van der Waals surface area (Å²) in [7, 11) is 0.281. The van der Waals surface area contributed by atoms with E-state index in [0.29, 0.717) is 30.5 Å². The first-order valence-corrected chi connectivity index (χ1v) is 9.63. The van der Waals surface area contributed by atoms with Crippen LogP contribution >= 0.6 is 0 Å². The molecule has 1 aromatic carbocycles. The van der Waals surface area contributed by atoms with E-state index in [9.17, 15) is 9.00 Å². The minimum absolute atomic E-state index is 0.0427. The average molecular weight is 364 g/mol. The van der Waals surface area contributed by atoms with Crippen molar-refractivity contribution in [2.45, 2.75) is 26.0 Å². The van der Waals surface area contributed by atoms with Crippen LogP contribution in [-0.4, -0.2) is 41.1 Å². The van der Waals surface area contributed by atoms with Crippen molar-refractivity contribution in [3.05, 3.63) is 41.3 Å². The number of nitrogens with one attached hydrogen (secondary N) is 1. The van der Waals surface area contributed by atoms with E-state index in [2.05, 4.69) is 10.3 Å². The molecule has 25 heavy (non-hydrogen) atoms. The fourth-order valence-corrected chi connectivity index (χ4v) is 3.40. The molecule has 1 atom stereocenters. The first-order valence-electron chi connectivity index (χ1n) is 8.14. The third kappa shape index (κ3) is 5.79. The lowest BCUT2D eigenvalue weighted by Crippen LogP contribution is -2.30. The predicted molar refractivity (Wildman–Crippen MR) is 97.6 cm³/mol. The second kappa shape index (κ2) is 9.48. The average Bonchev–Trinajstić information content (AvgIpc) is 2.92. The topological polar surface area (TPSA) is 81.4 Å². The van der Waals surface area contributed by atoms with Crippen LogP contribution in [0.5, 0.6) is 0 Å². The Morgan fingerprint density at radius 1 is 1.32 bits per heavy atom. The molecule has 1 heterocycles. The Bertz CT molecular complexity index is 742. The van der Waals surface area contributed by atoms with Crippen LogP contribution in [0, 0.1) is 13.8 Å². The highest BCUT2D eigenvalue weighted by Crippen LogP contribution is 2.25. The third-order valence-corrected chi connectivity index (χ3v) is 4.88. The Kier molecular flexibility index (Phi) is 7.33. The maximum Gasteiger partial charge on any atom is 0.232 e. The number of aromatic nitrogens is 1. The van der Waals surface area contributed by atoms with Gasteiger partial charge in [0.1, 0.15) is 11.5 Å². The highest BCUT2D eigenvalue weighted by Gasteiger charge is 2.16. The van der Waals surface area contributed by atoms with Crippen LogP contribution in [0.25, 0.3) is 11.5 Å². The second-order valence-corrected chi connectivity index (χ2v) is 7.22. The number of carbonyl (C=O) groups is 1. The number of nitrogens with zero attached hydrogens (tertiary/aromatic N) is 1. The van der Waals surface area contributed by atoms with E-state index in [1.807, 2.05) is 31.2 Å². The maximum atomic E-state index is 12.2. The van der Waals surface area contributed by atoms with Crippen molar-refractivity contribution in [1.29, 1.82) is 0 Å². The summed E-state index contributed by atoms with van der Waals surface area (Å²) in [6, 6.07) is 7.80. The Balaban J connectivity index is 1.93. The minimum atomic E-state index is -1.33. The predicted octanol–water partition coefficient (Wildman–Crippen LogP) is 2.36. The van der Waals surface area contributed by atoms with E-state index >= 15 is 0 Å². The van der Waals surface area contributed by atoms with Crippen molar-refractivity contribution >= 4 is 16.7 Å². The molecule has 0 saturated carbocycles. The molecule has 0 spiro atoms. The molecule has 7 heteroatoms. The van der Waals surface area contributed by atoms with Crippen LogP contribution < -0.4 is 5.32 Å². The van der Waals surface area contributed by atoms with Gasteiger partial charge in [0.2, 0.25) is 11.8 Å². The maximum absolute atomic E-state index is 12.2. The molecule has 1 aromatic heterocycles. The van der Waals surface area contributed by atoms with Crippen LogP contribution in [0.15, 0.2) is 28.7 Å². The van der Waals surface area contributed by atoms with Gasteiger partial charge in [0.25, 0.3) is 0 Å². The van der Waals surface area contributed by atoms with Gasteiger partial charge < -0.3 is 14.5 Å². The summed E-state index contributed by atoms with van der Waals surface area (Å²) in [6.07, 6.45) is 0.733. The van der Waals surface area contributed by atoms with Crippen LogP contribution in [0.3, 0.4) is 0 Å². The number of carbonyl (C=O) groups excluding carboxylic acids is 1. The molecule has 0 aliphatic heterocycles. The molecule has 2 aromatic rings. The van der Waals surface area contributed by atoms with E-state index < -0.39 is 10.8 Å². The van der Waals surface area contributed by atoms with Crippen molar-refractivity contribution < 1.29 is 18.2 Å². The van der Waals surface area contributed by atoms with Crippen molar-refractivity contribution in [1.82, 2.24) is 10.3 Å². The lowest BCUT2D eigenvalue weighted by molar-refractivity contribution is -0.118. The number of amides is 1. The van der Waals surface area contributed by atoms with Gasteiger partial charge in [-0.25, -0.2) is 4.98 Å². The summed E-state index contributed by atoms with van der Waals surface area (Å²) in [4.78, 5) is 16.2. The zero-order valence-corrected chi connectivity index (χ0v) is 15.6. The van der Waals surface area contributed by atoms with Gasteiger partial charge in [-0.2, -0.15) is 0 Å². The summed E-state index contributed by atoms with van der Waals surface area (Å²) in [5.41, 5.74) is 2.61. The second-order valence-electron chi connectivity index (χ2n) is 5.76. The van der Waals surface area contributed by atoms with Crippen molar-refractivity contribution in [3.8, 4) is 11.5 Å². The zero-order valence-electron chi connectivity index (χ0n) is 14.8. The highest BCUT2D eigenvalue weighted by molar-refractivity contribution is 7.84. The highest BCUT2D eigenvalue weighted by atomic mass is 32.2. The van der Waals surface area contributed by atoms with Crippen molar-refractivity contribution in [2.24, 2.45) is 0 Å². The van der Waals surface area contributed by atoms with Gasteiger partial charge in [0.05, 0.1) is 11.4 Å². The van der Waals surface area contributed by atoms with E-state index in [-0.39, 0.29) is 17.4 Å². The van der Waals surface area contributed by atoms with Gasteiger partial charge in [-0.05, 0) is 31.9 Å². The number of oxazole rings is 1. The normalized spacial score (nSPS) is 12.1. The number of methoxy groups -OCH3 is 1. The van der Waals surface area contributed by atoms with Crippen molar-refractivity contribution in [2.75, 3.05) is 26.0 Å². The monoisotopic (exact) mass is 364 g/mol. The fraction of sp³-hybridized carbons (Fsp3) is 0.444. The molecule has 0 unspecified atom stereocenters. The number of aryl methyl sites for hydroxylation is 2. The number of rotatable bonds is 9. The Labute approximate surface area is 150 Å². The zero-order chi connectivity index (χ0) is 18.2. The van der Waals surface area contributed by atoms with Crippen LogP contribution in [0.4, 0.5) is 0 Å². The van der Waals surface area contributed by atoms with Crippen LogP contribution in [0.2, 0.25) is 0 Å².